The van der Waals surface area contributed by atoms with Crippen molar-refractivity contribution < 1.29 is 4.52 Å². The van der Waals surface area contributed by atoms with Crippen LogP contribution in [0.4, 0.5) is 0 Å². The first-order chi connectivity index (χ1) is 7.99. The van der Waals surface area contributed by atoms with Gasteiger partial charge in [-0.05, 0) is 13.5 Å². The first-order valence-corrected chi connectivity index (χ1v) is 6.21. The Morgan fingerprint density at radius 1 is 1.47 bits per heavy atom. The van der Waals surface area contributed by atoms with Gasteiger partial charge in [0.1, 0.15) is 0 Å². The Balaban J connectivity index is 1.94. The monoisotopic (exact) mass is 238 g/mol. The van der Waals surface area contributed by atoms with Crippen molar-refractivity contribution in [2.75, 3.05) is 20.1 Å². The number of rotatable bonds is 3. The molecule has 1 unspecified atom stereocenters. The zero-order valence-corrected chi connectivity index (χ0v) is 11.2. The van der Waals surface area contributed by atoms with E-state index in [0.29, 0.717) is 6.04 Å². The highest BCUT2D eigenvalue weighted by atomic mass is 16.5. The smallest absolute Gasteiger partial charge is 0.240 e. The summed E-state index contributed by atoms with van der Waals surface area (Å²) in [6.07, 6.45) is 1.19. The maximum Gasteiger partial charge on any atom is 0.240 e. The fraction of sp³-hybridized carbons (Fsp3) is 0.833. The van der Waals surface area contributed by atoms with Gasteiger partial charge in [0.15, 0.2) is 5.82 Å². The molecule has 0 aromatic carbocycles. The number of likely N-dealkylation sites (N-methyl/N-ethyl adjacent to an activating group) is 1. The van der Waals surface area contributed by atoms with E-state index in [1.54, 1.807) is 0 Å². The summed E-state index contributed by atoms with van der Waals surface area (Å²) in [5, 5.41) is 7.34. The molecule has 0 amide bonds. The van der Waals surface area contributed by atoms with Gasteiger partial charge in [-0.2, -0.15) is 4.98 Å². The number of nitrogens with one attached hydrogen (secondary N) is 1. The largest absolute Gasteiger partial charge is 0.338 e. The summed E-state index contributed by atoms with van der Waals surface area (Å²) in [5.74, 6) is 1.52. The molecule has 0 aliphatic carbocycles. The minimum atomic E-state index is -0.0414. The second kappa shape index (κ2) is 4.74. The second-order valence-electron chi connectivity index (χ2n) is 5.77. The van der Waals surface area contributed by atoms with Crippen molar-refractivity contribution in [3.05, 3.63) is 11.7 Å². The van der Waals surface area contributed by atoms with Crippen LogP contribution in [0, 0.1) is 0 Å². The Morgan fingerprint density at radius 2 is 2.24 bits per heavy atom. The van der Waals surface area contributed by atoms with Crippen molar-refractivity contribution in [3.63, 3.8) is 0 Å². The van der Waals surface area contributed by atoms with Gasteiger partial charge in [0.25, 0.3) is 0 Å². The van der Waals surface area contributed by atoms with Crippen molar-refractivity contribution in [3.8, 4) is 0 Å². The van der Waals surface area contributed by atoms with E-state index in [4.69, 9.17) is 4.52 Å². The number of hydrogen-bond donors (Lipinski definition) is 1. The Hall–Kier alpha value is -0.940. The SMILES string of the molecule is CNC1CCN(Cc2nc(C(C)(C)C)no2)C1. The van der Waals surface area contributed by atoms with E-state index in [9.17, 15) is 0 Å². The molecule has 1 saturated heterocycles. The van der Waals surface area contributed by atoms with Crippen LogP contribution < -0.4 is 5.32 Å². The molecule has 17 heavy (non-hydrogen) atoms. The Labute approximate surface area is 103 Å². The lowest BCUT2D eigenvalue weighted by Gasteiger charge is -2.13. The average Bonchev–Trinajstić information content (AvgIpc) is 2.86. The molecule has 2 heterocycles. The van der Waals surface area contributed by atoms with Crippen molar-refractivity contribution in [1.29, 1.82) is 0 Å². The van der Waals surface area contributed by atoms with Gasteiger partial charge in [-0.25, -0.2) is 0 Å². The topological polar surface area (TPSA) is 54.2 Å². The first-order valence-electron chi connectivity index (χ1n) is 6.21. The molecule has 2 rings (SSSR count). The van der Waals surface area contributed by atoms with Crippen LogP contribution in [0.15, 0.2) is 4.52 Å². The van der Waals surface area contributed by atoms with E-state index in [2.05, 4.69) is 41.1 Å². The summed E-state index contributed by atoms with van der Waals surface area (Å²) >= 11 is 0. The van der Waals surface area contributed by atoms with Crippen LogP contribution in [0.1, 0.15) is 38.9 Å². The molecular formula is C12H22N4O. The Morgan fingerprint density at radius 3 is 2.76 bits per heavy atom. The van der Waals surface area contributed by atoms with Gasteiger partial charge in [-0.15, -0.1) is 0 Å². The third-order valence-corrected chi connectivity index (χ3v) is 3.18. The van der Waals surface area contributed by atoms with E-state index in [0.717, 1.165) is 31.3 Å². The molecule has 0 radical (unpaired) electrons. The van der Waals surface area contributed by atoms with Crippen molar-refractivity contribution >= 4 is 0 Å². The predicted molar refractivity (Wildman–Crippen MR) is 65.7 cm³/mol. The van der Waals surface area contributed by atoms with Crippen LogP contribution in [0.25, 0.3) is 0 Å². The summed E-state index contributed by atoms with van der Waals surface area (Å²) in [7, 11) is 2.01. The Bertz CT molecular complexity index is 369. The number of nitrogens with zero attached hydrogens (tertiary/aromatic N) is 3. The summed E-state index contributed by atoms with van der Waals surface area (Å²) in [5.41, 5.74) is -0.0414. The number of likely N-dealkylation sites (tertiary alicyclic amines) is 1. The van der Waals surface area contributed by atoms with Gasteiger partial charge in [0.2, 0.25) is 5.89 Å². The molecular weight excluding hydrogens is 216 g/mol. The molecule has 1 aromatic rings. The van der Waals surface area contributed by atoms with Crippen molar-refractivity contribution in [2.24, 2.45) is 0 Å². The van der Waals surface area contributed by atoms with Crippen LogP contribution in [0.3, 0.4) is 0 Å². The van der Waals surface area contributed by atoms with E-state index < -0.39 is 0 Å². The molecule has 1 fully saturated rings. The molecule has 1 N–H and O–H groups in total. The third kappa shape index (κ3) is 3.04. The standard InChI is InChI=1S/C12H22N4O/c1-12(2,3)11-14-10(17-15-11)8-16-6-5-9(7-16)13-4/h9,13H,5-8H2,1-4H3. The van der Waals surface area contributed by atoms with E-state index in [1.807, 2.05) is 7.05 Å². The molecule has 0 spiro atoms. The van der Waals surface area contributed by atoms with Crippen molar-refractivity contribution in [1.82, 2.24) is 20.4 Å². The fourth-order valence-electron chi connectivity index (χ4n) is 2.03. The van der Waals surface area contributed by atoms with Gasteiger partial charge >= 0.3 is 0 Å². The molecule has 0 bridgehead atoms. The third-order valence-electron chi connectivity index (χ3n) is 3.18. The summed E-state index contributed by atoms with van der Waals surface area (Å²) in [6, 6.07) is 0.597. The molecule has 1 aliphatic rings. The molecule has 1 atom stereocenters. The Kier molecular flexibility index (Phi) is 3.49. The van der Waals surface area contributed by atoms with Crippen LogP contribution in [0.2, 0.25) is 0 Å². The summed E-state index contributed by atoms with van der Waals surface area (Å²) in [6.45, 7) is 9.20. The molecule has 1 aliphatic heterocycles. The van der Waals surface area contributed by atoms with Gasteiger partial charge in [-0.3, -0.25) is 4.90 Å². The van der Waals surface area contributed by atoms with Gasteiger partial charge in [0, 0.05) is 24.5 Å². The predicted octanol–water partition coefficient (Wildman–Crippen LogP) is 1.16. The van der Waals surface area contributed by atoms with Gasteiger partial charge < -0.3 is 9.84 Å². The van der Waals surface area contributed by atoms with E-state index in [-0.39, 0.29) is 5.41 Å². The first kappa shape index (κ1) is 12.5. The van der Waals surface area contributed by atoms with Gasteiger partial charge in [-0.1, -0.05) is 25.9 Å². The average molecular weight is 238 g/mol. The molecule has 5 nitrogen and oxygen atoms in total. The molecule has 5 heteroatoms. The quantitative estimate of drug-likeness (QED) is 0.856. The molecule has 0 saturated carbocycles. The minimum Gasteiger partial charge on any atom is -0.338 e. The van der Waals surface area contributed by atoms with Crippen LogP contribution in [-0.2, 0) is 12.0 Å². The molecule has 96 valence electrons. The minimum absolute atomic E-state index is 0.0414. The van der Waals surface area contributed by atoms with Crippen LogP contribution >= 0.6 is 0 Å². The zero-order chi connectivity index (χ0) is 12.5. The lowest BCUT2D eigenvalue weighted by molar-refractivity contribution is 0.262. The highest BCUT2D eigenvalue weighted by Gasteiger charge is 2.25. The lowest BCUT2D eigenvalue weighted by atomic mass is 9.96. The summed E-state index contributed by atoms with van der Waals surface area (Å²) < 4.78 is 5.30. The highest BCUT2D eigenvalue weighted by molar-refractivity contribution is 5.00. The second-order valence-corrected chi connectivity index (χ2v) is 5.77. The van der Waals surface area contributed by atoms with Crippen LogP contribution in [0.5, 0.6) is 0 Å². The highest BCUT2D eigenvalue weighted by Crippen LogP contribution is 2.19. The summed E-state index contributed by atoms with van der Waals surface area (Å²) in [4.78, 5) is 6.80. The van der Waals surface area contributed by atoms with E-state index >= 15 is 0 Å². The zero-order valence-electron chi connectivity index (χ0n) is 11.2. The maximum absolute atomic E-state index is 5.30. The van der Waals surface area contributed by atoms with E-state index in [1.165, 1.54) is 6.42 Å². The fourth-order valence-corrected chi connectivity index (χ4v) is 2.03. The normalized spacial score (nSPS) is 22.2. The number of hydrogen-bond acceptors (Lipinski definition) is 5. The number of aromatic nitrogens is 2. The van der Waals surface area contributed by atoms with Gasteiger partial charge in [0.05, 0.1) is 6.54 Å². The van der Waals surface area contributed by atoms with Crippen molar-refractivity contribution in [2.45, 2.75) is 45.2 Å². The molecule has 1 aromatic heterocycles. The lowest BCUT2D eigenvalue weighted by Crippen LogP contribution is -2.29. The maximum atomic E-state index is 5.30. The van der Waals surface area contributed by atoms with Crippen LogP contribution in [-0.4, -0.2) is 41.2 Å².